The third-order valence-electron chi connectivity index (χ3n) is 5.80. The lowest BCUT2D eigenvalue weighted by Crippen LogP contribution is -2.31. The van der Waals surface area contributed by atoms with Crippen molar-refractivity contribution in [3.05, 3.63) is 113 Å². The molecule has 0 aliphatic carbocycles. The molecule has 190 valence electrons. The molecule has 3 heterocycles. The number of hydrogen-bond acceptors (Lipinski definition) is 5. The SMILES string of the molecule is FC(F)(F)c1cccc(C2ON=C(c3ccco3)N2Cc2cnccc2-c2ccccc2C(F)(F)F)c1. The van der Waals surface area contributed by atoms with Gasteiger partial charge in [0.1, 0.15) is 0 Å². The summed E-state index contributed by atoms with van der Waals surface area (Å²) in [6.45, 7) is -0.0875. The first-order chi connectivity index (χ1) is 17.6. The number of benzene rings is 2. The summed E-state index contributed by atoms with van der Waals surface area (Å²) in [5.41, 5.74) is -0.964. The van der Waals surface area contributed by atoms with Crippen LogP contribution in [0.1, 0.15) is 34.2 Å². The molecule has 5 nitrogen and oxygen atoms in total. The maximum absolute atomic E-state index is 13.8. The number of alkyl halides is 6. The highest BCUT2D eigenvalue weighted by Gasteiger charge is 2.38. The quantitative estimate of drug-likeness (QED) is 0.261. The van der Waals surface area contributed by atoms with E-state index in [-0.39, 0.29) is 34.8 Å². The fraction of sp³-hybridized carbons (Fsp3) is 0.154. The molecule has 4 aromatic rings. The summed E-state index contributed by atoms with van der Waals surface area (Å²) in [5, 5.41) is 4.03. The van der Waals surface area contributed by atoms with E-state index in [0.29, 0.717) is 5.56 Å². The summed E-state index contributed by atoms with van der Waals surface area (Å²) in [5.74, 6) is 0.446. The zero-order valence-corrected chi connectivity index (χ0v) is 18.8. The lowest BCUT2D eigenvalue weighted by Gasteiger charge is -2.26. The molecule has 2 aromatic heterocycles. The average Bonchev–Trinajstić information content (AvgIpc) is 3.54. The number of halogens is 6. The van der Waals surface area contributed by atoms with Crippen LogP contribution in [0, 0.1) is 0 Å². The molecule has 2 aromatic carbocycles. The largest absolute Gasteiger partial charge is 0.461 e. The molecular weight excluding hydrogens is 500 g/mol. The molecule has 37 heavy (non-hydrogen) atoms. The summed E-state index contributed by atoms with van der Waals surface area (Å²) < 4.78 is 86.9. The molecule has 11 heteroatoms. The summed E-state index contributed by atoms with van der Waals surface area (Å²) >= 11 is 0. The van der Waals surface area contributed by atoms with Crippen LogP contribution in [-0.4, -0.2) is 15.7 Å². The van der Waals surface area contributed by atoms with E-state index in [1.54, 1.807) is 12.1 Å². The van der Waals surface area contributed by atoms with Gasteiger partial charge in [0.2, 0.25) is 12.1 Å². The summed E-state index contributed by atoms with van der Waals surface area (Å²) in [4.78, 5) is 11.1. The van der Waals surface area contributed by atoms with Crippen molar-refractivity contribution < 1.29 is 35.6 Å². The van der Waals surface area contributed by atoms with Gasteiger partial charge in [-0.25, -0.2) is 0 Å². The second-order valence-electron chi connectivity index (χ2n) is 8.18. The molecule has 0 bridgehead atoms. The molecule has 0 fully saturated rings. The lowest BCUT2D eigenvalue weighted by atomic mass is 9.96. The summed E-state index contributed by atoms with van der Waals surface area (Å²) in [6, 6.07) is 14.4. The molecule has 0 amide bonds. The van der Waals surface area contributed by atoms with Crippen molar-refractivity contribution in [3.8, 4) is 11.1 Å². The Morgan fingerprint density at radius 1 is 0.838 bits per heavy atom. The van der Waals surface area contributed by atoms with Crippen LogP contribution >= 0.6 is 0 Å². The zero-order valence-electron chi connectivity index (χ0n) is 18.8. The van der Waals surface area contributed by atoms with Gasteiger partial charge in [-0.05, 0) is 53.1 Å². The smallest absolute Gasteiger partial charge is 0.417 e. The zero-order chi connectivity index (χ0) is 26.2. The van der Waals surface area contributed by atoms with Gasteiger partial charge in [-0.1, -0.05) is 35.5 Å². The Kier molecular flexibility index (Phi) is 6.14. The lowest BCUT2D eigenvalue weighted by molar-refractivity contribution is -0.138. The standard InChI is InChI=1S/C26H17F6N3O2/c27-25(28,29)18-6-3-5-16(13-18)24-35(23(34-37-24)22-9-4-12-36-22)15-17-14-33-11-10-19(17)20-7-1-2-8-21(20)26(30,31)32/h1-14,24H,15H2. The summed E-state index contributed by atoms with van der Waals surface area (Å²) in [6.07, 6.45) is -6.12. The number of nitrogens with zero attached hydrogens (tertiary/aromatic N) is 3. The van der Waals surface area contributed by atoms with Gasteiger partial charge < -0.3 is 14.2 Å². The van der Waals surface area contributed by atoms with E-state index in [1.807, 2.05) is 0 Å². The third kappa shape index (κ3) is 4.89. The van der Waals surface area contributed by atoms with E-state index in [9.17, 15) is 26.3 Å². The first-order valence-electron chi connectivity index (χ1n) is 10.9. The summed E-state index contributed by atoms with van der Waals surface area (Å²) in [7, 11) is 0. The number of rotatable bonds is 5. The van der Waals surface area contributed by atoms with Gasteiger partial charge in [-0.2, -0.15) is 26.3 Å². The first-order valence-corrected chi connectivity index (χ1v) is 10.9. The number of amidine groups is 1. The topological polar surface area (TPSA) is 50.9 Å². The molecule has 0 saturated heterocycles. The second-order valence-corrected chi connectivity index (χ2v) is 8.18. The van der Waals surface area contributed by atoms with Gasteiger partial charge in [-0.15, -0.1) is 0 Å². The fourth-order valence-electron chi connectivity index (χ4n) is 4.14. The van der Waals surface area contributed by atoms with Crippen LogP contribution < -0.4 is 0 Å². The van der Waals surface area contributed by atoms with Crippen molar-refractivity contribution in [1.29, 1.82) is 0 Å². The van der Waals surface area contributed by atoms with Crippen LogP contribution in [0.2, 0.25) is 0 Å². The van der Waals surface area contributed by atoms with Gasteiger partial charge >= 0.3 is 12.4 Å². The van der Waals surface area contributed by atoms with E-state index < -0.39 is 29.7 Å². The number of furan rings is 1. The Hall–Kier alpha value is -4.28. The highest BCUT2D eigenvalue weighted by atomic mass is 19.4. The monoisotopic (exact) mass is 517 g/mol. The molecular formula is C26H17F6N3O2. The maximum atomic E-state index is 13.8. The molecule has 0 saturated carbocycles. The second kappa shape index (κ2) is 9.30. The molecule has 1 aliphatic heterocycles. The third-order valence-corrected chi connectivity index (χ3v) is 5.80. The van der Waals surface area contributed by atoms with Crippen molar-refractivity contribution >= 4 is 5.84 Å². The minimum atomic E-state index is -4.60. The Morgan fingerprint density at radius 3 is 2.38 bits per heavy atom. The highest BCUT2D eigenvalue weighted by Crippen LogP contribution is 2.40. The van der Waals surface area contributed by atoms with Gasteiger partial charge in [0.25, 0.3) is 0 Å². The Bertz CT molecular complexity index is 1430. The number of pyridine rings is 1. The molecule has 0 radical (unpaired) electrons. The van der Waals surface area contributed by atoms with Crippen molar-refractivity contribution in [2.75, 3.05) is 0 Å². The normalized spacial score (nSPS) is 16.0. The fourth-order valence-corrected chi connectivity index (χ4v) is 4.14. The Morgan fingerprint density at radius 2 is 1.65 bits per heavy atom. The number of oxime groups is 1. The van der Waals surface area contributed by atoms with Gasteiger partial charge in [0.05, 0.1) is 23.9 Å². The van der Waals surface area contributed by atoms with Gasteiger partial charge in [0, 0.05) is 18.0 Å². The van der Waals surface area contributed by atoms with Crippen molar-refractivity contribution in [2.45, 2.75) is 25.1 Å². The van der Waals surface area contributed by atoms with Crippen molar-refractivity contribution in [3.63, 3.8) is 0 Å². The van der Waals surface area contributed by atoms with Gasteiger partial charge in [-0.3, -0.25) is 4.98 Å². The minimum Gasteiger partial charge on any atom is -0.461 e. The van der Waals surface area contributed by atoms with Crippen molar-refractivity contribution in [2.24, 2.45) is 5.16 Å². The maximum Gasteiger partial charge on any atom is 0.417 e. The first kappa shape index (κ1) is 24.4. The molecule has 0 spiro atoms. The van der Waals surface area contributed by atoms with Crippen LogP contribution in [0.15, 0.2) is 95.0 Å². The van der Waals surface area contributed by atoms with Crippen LogP contribution in [0.3, 0.4) is 0 Å². The van der Waals surface area contributed by atoms with E-state index in [4.69, 9.17) is 9.25 Å². The minimum absolute atomic E-state index is 0.0559. The Labute approximate surface area is 206 Å². The van der Waals surface area contributed by atoms with Crippen LogP contribution in [0.4, 0.5) is 26.3 Å². The molecule has 1 atom stereocenters. The molecule has 5 rings (SSSR count). The van der Waals surface area contributed by atoms with E-state index in [0.717, 1.165) is 18.2 Å². The van der Waals surface area contributed by atoms with E-state index in [1.165, 1.54) is 60.0 Å². The predicted molar refractivity (Wildman–Crippen MR) is 121 cm³/mol. The van der Waals surface area contributed by atoms with E-state index >= 15 is 0 Å². The Balaban J connectivity index is 1.58. The molecule has 0 N–H and O–H groups in total. The molecule has 1 unspecified atom stereocenters. The van der Waals surface area contributed by atoms with Crippen LogP contribution in [-0.2, 0) is 23.7 Å². The number of hydrogen-bond donors (Lipinski definition) is 0. The van der Waals surface area contributed by atoms with Crippen LogP contribution in [0.25, 0.3) is 11.1 Å². The average molecular weight is 517 g/mol. The van der Waals surface area contributed by atoms with Crippen LogP contribution in [0.5, 0.6) is 0 Å². The highest BCUT2D eigenvalue weighted by molar-refractivity contribution is 5.97. The van der Waals surface area contributed by atoms with Crippen molar-refractivity contribution in [1.82, 2.24) is 9.88 Å². The molecule has 1 aliphatic rings. The van der Waals surface area contributed by atoms with E-state index in [2.05, 4.69) is 10.1 Å². The number of aromatic nitrogens is 1. The van der Waals surface area contributed by atoms with Gasteiger partial charge in [0.15, 0.2) is 5.76 Å². The predicted octanol–water partition coefficient (Wildman–Crippen LogP) is 7.27.